The van der Waals surface area contributed by atoms with E-state index < -0.39 is 0 Å². The molecule has 6 heteroatoms. The lowest BCUT2D eigenvalue weighted by Gasteiger charge is -2.11. The van der Waals surface area contributed by atoms with E-state index in [-0.39, 0.29) is 12.7 Å². The normalized spacial score (nSPS) is 12.5. The van der Waals surface area contributed by atoms with Crippen molar-refractivity contribution >= 4 is 17.8 Å². The van der Waals surface area contributed by atoms with Gasteiger partial charge in [0.1, 0.15) is 0 Å². The average molecular weight is 361 g/mol. The first kappa shape index (κ1) is 16.9. The number of ether oxygens (including phenoxy) is 2. The number of hydrogen-bond acceptors (Lipinski definition) is 4. The Morgan fingerprint density at radius 2 is 1.85 bits per heavy atom. The van der Waals surface area contributed by atoms with E-state index in [2.05, 4.69) is 10.4 Å². The molecular formula is C21H19N3O3. The third kappa shape index (κ3) is 3.42. The van der Waals surface area contributed by atoms with Gasteiger partial charge in [0, 0.05) is 34.8 Å². The minimum absolute atomic E-state index is 0.156. The fourth-order valence-corrected chi connectivity index (χ4v) is 2.96. The molecule has 6 nitrogen and oxygen atoms in total. The Kier molecular flexibility index (Phi) is 4.38. The van der Waals surface area contributed by atoms with Gasteiger partial charge in [-0.25, -0.2) is 0 Å². The number of aryl methyl sites for hydroxylation is 1. The van der Waals surface area contributed by atoms with Crippen molar-refractivity contribution < 1.29 is 14.3 Å². The number of nitrogens with one attached hydrogen (secondary N) is 1. The summed E-state index contributed by atoms with van der Waals surface area (Å²) in [7, 11) is 0. The van der Waals surface area contributed by atoms with Crippen LogP contribution in [0, 0.1) is 13.8 Å². The number of rotatable bonds is 4. The molecule has 0 atom stereocenters. The molecule has 0 bridgehead atoms. The number of hydrogen-bond donors (Lipinski definition) is 1. The van der Waals surface area contributed by atoms with E-state index in [1.807, 2.05) is 56.3 Å². The molecule has 27 heavy (non-hydrogen) atoms. The van der Waals surface area contributed by atoms with Gasteiger partial charge in [-0.05, 0) is 44.2 Å². The molecule has 1 N–H and O–H groups in total. The van der Waals surface area contributed by atoms with Crippen LogP contribution in [0.1, 0.15) is 27.3 Å². The average Bonchev–Trinajstić information content (AvgIpc) is 3.26. The molecule has 4 rings (SSSR count). The monoisotopic (exact) mass is 361 g/mol. The van der Waals surface area contributed by atoms with Crippen LogP contribution in [0.2, 0.25) is 0 Å². The number of fused-ring (bicyclic) bond motifs is 1. The molecule has 1 aromatic heterocycles. The second-order valence-electron chi connectivity index (χ2n) is 6.26. The first-order valence-electron chi connectivity index (χ1n) is 8.61. The van der Waals surface area contributed by atoms with E-state index in [1.54, 1.807) is 23.0 Å². The second kappa shape index (κ2) is 6.99. The molecule has 0 fully saturated rings. The number of amides is 1. The molecular weight excluding hydrogens is 342 g/mol. The molecule has 3 aromatic rings. The van der Waals surface area contributed by atoms with E-state index in [4.69, 9.17) is 9.47 Å². The summed E-state index contributed by atoms with van der Waals surface area (Å²) in [4.78, 5) is 16.9. The van der Waals surface area contributed by atoms with Crippen molar-refractivity contribution in [1.29, 1.82) is 0 Å². The van der Waals surface area contributed by atoms with E-state index in [0.717, 1.165) is 28.4 Å². The first-order chi connectivity index (χ1) is 13.1. The number of nitrogens with zero attached hydrogens (tertiary/aromatic N) is 2. The number of aliphatic imine (C=N–C) groups is 1. The van der Waals surface area contributed by atoms with Crippen LogP contribution in [0.5, 0.6) is 11.5 Å². The highest BCUT2D eigenvalue weighted by atomic mass is 16.7. The maximum Gasteiger partial charge on any atom is 0.270 e. The van der Waals surface area contributed by atoms with Crippen molar-refractivity contribution in [3.8, 4) is 11.5 Å². The Morgan fingerprint density at radius 1 is 1.07 bits per heavy atom. The van der Waals surface area contributed by atoms with Gasteiger partial charge in [-0.2, -0.15) is 0 Å². The fraction of sp³-hybridized carbons (Fsp3) is 0.143. The largest absolute Gasteiger partial charge is 0.454 e. The summed E-state index contributed by atoms with van der Waals surface area (Å²) in [5.41, 5.74) is 7.07. The van der Waals surface area contributed by atoms with Gasteiger partial charge in [-0.15, -0.1) is 0 Å². The van der Waals surface area contributed by atoms with Crippen LogP contribution < -0.4 is 14.9 Å². The zero-order chi connectivity index (χ0) is 18.8. The fourth-order valence-electron chi connectivity index (χ4n) is 2.96. The molecule has 2 heterocycles. The standard InChI is InChI=1S/C21H19N3O3/c1-14-10-17(12-22-18-8-9-19-20(11-18)27-13-26-19)15(2)24(14)23-21(25)16-6-4-3-5-7-16/h3-12H,13H2,1-2H3,(H,23,25). The summed E-state index contributed by atoms with van der Waals surface area (Å²) < 4.78 is 12.5. The molecule has 2 aromatic carbocycles. The van der Waals surface area contributed by atoms with Crippen LogP contribution in [0.15, 0.2) is 59.6 Å². The zero-order valence-electron chi connectivity index (χ0n) is 15.1. The van der Waals surface area contributed by atoms with Crippen LogP contribution in [0.3, 0.4) is 0 Å². The SMILES string of the molecule is Cc1cc(C=Nc2ccc3c(c2)OCO3)c(C)n1NC(=O)c1ccccc1. The Morgan fingerprint density at radius 3 is 2.67 bits per heavy atom. The second-order valence-corrected chi connectivity index (χ2v) is 6.26. The summed E-state index contributed by atoms with van der Waals surface area (Å²) in [6.07, 6.45) is 1.78. The predicted molar refractivity (Wildman–Crippen MR) is 104 cm³/mol. The van der Waals surface area contributed by atoms with Gasteiger partial charge >= 0.3 is 0 Å². The summed E-state index contributed by atoms with van der Waals surface area (Å²) in [6, 6.07) is 16.7. The maximum atomic E-state index is 12.4. The third-order valence-electron chi connectivity index (χ3n) is 4.43. The molecule has 0 unspecified atom stereocenters. The molecule has 0 saturated heterocycles. The minimum Gasteiger partial charge on any atom is -0.454 e. The van der Waals surface area contributed by atoms with E-state index in [0.29, 0.717) is 11.3 Å². The Hall–Kier alpha value is -3.54. The molecule has 0 aliphatic carbocycles. The van der Waals surface area contributed by atoms with Gasteiger partial charge in [-0.1, -0.05) is 18.2 Å². The van der Waals surface area contributed by atoms with Crippen LogP contribution in [-0.2, 0) is 0 Å². The lowest BCUT2D eigenvalue weighted by Crippen LogP contribution is -2.24. The van der Waals surface area contributed by atoms with E-state index in [9.17, 15) is 4.79 Å². The van der Waals surface area contributed by atoms with Crippen molar-refractivity contribution in [2.45, 2.75) is 13.8 Å². The smallest absolute Gasteiger partial charge is 0.270 e. The molecule has 1 amide bonds. The van der Waals surface area contributed by atoms with Gasteiger partial charge < -0.3 is 9.47 Å². The van der Waals surface area contributed by atoms with Gasteiger partial charge in [0.15, 0.2) is 11.5 Å². The highest BCUT2D eigenvalue weighted by Crippen LogP contribution is 2.35. The molecule has 1 aliphatic rings. The lowest BCUT2D eigenvalue weighted by atomic mass is 10.2. The predicted octanol–water partition coefficient (Wildman–Crippen LogP) is 3.97. The van der Waals surface area contributed by atoms with Crippen LogP contribution in [0.25, 0.3) is 0 Å². The van der Waals surface area contributed by atoms with Crippen LogP contribution >= 0.6 is 0 Å². The number of carbonyl (C=O) groups is 1. The summed E-state index contributed by atoms with van der Waals surface area (Å²) in [6.45, 7) is 4.13. The van der Waals surface area contributed by atoms with Crippen molar-refractivity contribution in [3.63, 3.8) is 0 Å². The van der Waals surface area contributed by atoms with Crippen LogP contribution in [0.4, 0.5) is 5.69 Å². The van der Waals surface area contributed by atoms with Gasteiger partial charge in [0.05, 0.1) is 5.69 Å². The molecule has 1 aliphatic heterocycles. The van der Waals surface area contributed by atoms with Crippen molar-refractivity contribution in [2.24, 2.45) is 4.99 Å². The summed E-state index contributed by atoms with van der Waals surface area (Å²) in [5, 5.41) is 0. The molecule has 0 saturated carbocycles. The Bertz CT molecular complexity index is 1020. The van der Waals surface area contributed by atoms with Gasteiger partial charge in [-0.3, -0.25) is 19.9 Å². The number of benzene rings is 2. The Labute approximate surface area is 157 Å². The highest BCUT2D eigenvalue weighted by molar-refractivity contribution is 6.00. The lowest BCUT2D eigenvalue weighted by molar-refractivity contribution is 0.101. The maximum absolute atomic E-state index is 12.4. The third-order valence-corrected chi connectivity index (χ3v) is 4.43. The molecule has 136 valence electrons. The van der Waals surface area contributed by atoms with Gasteiger partial charge in [0.25, 0.3) is 5.91 Å². The Balaban J connectivity index is 1.55. The zero-order valence-corrected chi connectivity index (χ0v) is 15.1. The van der Waals surface area contributed by atoms with E-state index >= 15 is 0 Å². The minimum atomic E-state index is -0.156. The van der Waals surface area contributed by atoms with E-state index in [1.165, 1.54) is 0 Å². The number of carbonyl (C=O) groups excluding carboxylic acids is 1. The quantitative estimate of drug-likeness (QED) is 0.715. The summed E-state index contributed by atoms with van der Waals surface area (Å²) in [5.74, 6) is 1.28. The number of aromatic nitrogens is 1. The highest BCUT2D eigenvalue weighted by Gasteiger charge is 2.14. The van der Waals surface area contributed by atoms with Crippen molar-refractivity contribution in [2.75, 3.05) is 12.2 Å². The van der Waals surface area contributed by atoms with Crippen molar-refractivity contribution in [3.05, 3.63) is 77.1 Å². The van der Waals surface area contributed by atoms with Crippen LogP contribution in [-0.4, -0.2) is 23.6 Å². The topological polar surface area (TPSA) is 64.8 Å². The summed E-state index contributed by atoms with van der Waals surface area (Å²) >= 11 is 0. The van der Waals surface area contributed by atoms with Gasteiger partial charge in [0.2, 0.25) is 6.79 Å². The molecule has 0 spiro atoms. The first-order valence-corrected chi connectivity index (χ1v) is 8.61. The van der Waals surface area contributed by atoms with Crippen molar-refractivity contribution in [1.82, 2.24) is 4.68 Å². The molecule has 0 radical (unpaired) electrons.